The Morgan fingerprint density at radius 1 is 1.45 bits per heavy atom. The first-order valence-corrected chi connectivity index (χ1v) is 6.44. The van der Waals surface area contributed by atoms with E-state index in [0.717, 1.165) is 18.9 Å². The van der Waals surface area contributed by atoms with Gasteiger partial charge in [-0.3, -0.25) is 4.79 Å². The van der Waals surface area contributed by atoms with Gasteiger partial charge in [0.15, 0.2) is 0 Å². The molecule has 0 radical (unpaired) electrons. The van der Waals surface area contributed by atoms with Crippen LogP contribution in [0.15, 0.2) is 30.4 Å². The number of allylic oxidation sites excluding steroid dienone is 2. The first-order valence-electron chi connectivity index (χ1n) is 6.44. The maximum Gasteiger partial charge on any atom is 0.340 e. The van der Waals surface area contributed by atoms with Gasteiger partial charge in [-0.15, -0.1) is 0 Å². The minimum Gasteiger partial charge on any atom is -0.465 e. The van der Waals surface area contributed by atoms with Gasteiger partial charge >= 0.3 is 5.97 Å². The highest BCUT2D eigenvalue weighted by atomic mass is 19.1. The highest BCUT2D eigenvalue weighted by Crippen LogP contribution is 2.21. The molecule has 1 aliphatic rings. The molecule has 20 heavy (non-hydrogen) atoms. The quantitative estimate of drug-likeness (QED) is 0.680. The summed E-state index contributed by atoms with van der Waals surface area (Å²) in [6.45, 7) is 0. The van der Waals surface area contributed by atoms with E-state index in [1.807, 2.05) is 6.08 Å². The van der Waals surface area contributed by atoms with E-state index in [2.05, 4.69) is 16.1 Å². The van der Waals surface area contributed by atoms with Crippen molar-refractivity contribution in [2.45, 2.75) is 19.3 Å². The van der Waals surface area contributed by atoms with Gasteiger partial charge in [0.25, 0.3) is 0 Å². The number of esters is 1. The number of hydrogen-bond donors (Lipinski definition) is 1. The van der Waals surface area contributed by atoms with Crippen LogP contribution in [-0.4, -0.2) is 19.0 Å². The molecule has 1 aromatic carbocycles. The van der Waals surface area contributed by atoms with Crippen LogP contribution in [0.1, 0.15) is 29.6 Å². The number of anilines is 1. The molecule has 1 N–H and O–H groups in total. The first-order chi connectivity index (χ1) is 9.60. The molecule has 0 heterocycles. The van der Waals surface area contributed by atoms with Gasteiger partial charge < -0.3 is 10.1 Å². The largest absolute Gasteiger partial charge is 0.465 e. The Hall–Kier alpha value is -2.17. The number of halogens is 1. The van der Waals surface area contributed by atoms with Crippen molar-refractivity contribution in [1.82, 2.24) is 0 Å². The molecule has 5 heteroatoms. The topological polar surface area (TPSA) is 55.4 Å². The summed E-state index contributed by atoms with van der Waals surface area (Å²) in [5.41, 5.74) is 0.199. The fourth-order valence-corrected chi connectivity index (χ4v) is 2.18. The van der Waals surface area contributed by atoms with E-state index in [4.69, 9.17) is 0 Å². The second-order valence-corrected chi connectivity index (χ2v) is 4.70. The van der Waals surface area contributed by atoms with E-state index in [1.54, 1.807) is 0 Å². The summed E-state index contributed by atoms with van der Waals surface area (Å²) in [5.74, 6) is -1.33. The van der Waals surface area contributed by atoms with Crippen molar-refractivity contribution < 1.29 is 18.7 Å². The van der Waals surface area contributed by atoms with Gasteiger partial charge in [0.2, 0.25) is 5.91 Å². The lowest BCUT2D eigenvalue weighted by atomic mass is 10.0. The molecule has 0 saturated carbocycles. The Morgan fingerprint density at radius 3 is 2.90 bits per heavy atom. The normalized spacial score (nSPS) is 17.0. The molecule has 0 aliphatic heterocycles. The van der Waals surface area contributed by atoms with Gasteiger partial charge in [-0.25, -0.2) is 9.18 Å². The minimum absolute atomic E-state index is 0.149. The molecular weight excluding hydrogens is 261 g/mol. The molecule has 1 atom stereocenters. The van der Waals surface area contributed by atoms with E-state index >= 15 is 0 Å². The summed E-state index contributed by atoms with van der Waals surface area (Å²) in [4.78, 5) is 23.2. The SMILES string of the molecule is COC(=O)c1cc(NC(=O)CC2C=CCC2)ccc1F. The van der Waals surface area contributed by atoms with Gasteiger partial charge in [-0.1, -0.05) is 12.2 Å². The van der Waals surface area contributed by atoms with Crippen LogP contribution < -0.4 is 5.32 Å². The van der Waals surface area contributed by atoms with E-state index in [9.17, 15) is 14.0 Å². The van der Waals surface area contributed by atoms with Crippen molar-refractivity contribution in [3.63, 3.8) is 0 Å². The van der Waals surface area contributed by atoms with Crippen molar-refractivity contribution in [2.75, 3.05) is 12.4 Å². The van der Waals surface area contributed by atoms with Gasteiger partial charge in [-0.05, 0) is 37.0 Å². The fraction of sp³-hybridized carbons (Fsp3) is 0.333. The monoisotopic (exact) mass is 277 g/mol. The summed E-state index contributed by atoms with van der Waals surface area (Å²) < 4.78 is 17.9. The summed E-state index contributed by atoms with van der Waals surface area (Å²) in [5, 5.41) is 2.67. The van der Waals surface area contributed by atoms with Crippen LogP contribution in [0.3, 0.4) is 0 Å². The van der Waals surface area contributed by atoms with Crippen molar-refractivity contribution in [1.29, 1.82) is 0 Å². The Bertz CT molecular complexity index is 554. The zero-order valence-corrected chi connectivity index (χ0v) is 11.2. The Kier molecular flexibility index (Phi) is 4.50. The minimum atomic E-state index is -0.766. The molecule has 4 nitrogen and oxygen atoms in total. The van der Waals surface area contributed by atoms with Crippen LogP contribution in [0.25, 0.3) is 0 Å². The smallest absolute Gasteiger partial charge is 0.340 e. The van der Waals surface area contributed by atoms with Crippen molar-refractivity contribution in [3.8, 4) is 0 Å². The summed E-state index contributed by atoms with van der Waals surface area (Å²) in [7, 11) is 1.18. The van der Waals surface area contributed by atoms with E-state index in [1.165, 1.54) is 19.2 Å². The van der Waals surface area contributed by atoms with Gasteiger partial charge in [0, 0.05) is 12.1 Å². The zero-order valence-electron chi connectivity index (χ0n) is 11.2. The van der Waals surface area contributed by atoms with Crippen LogP contribution in [0.5, 0.6) is 0 Å². The first kappa shape index (κ1) is 14.2. The number of amides is 1. The predicted octanol–water partition coefficient (Wildman–Crippen LogP) is 2.91. The Labute approximate surface area is 116 Å². The average Bonchev–Trinajstić information content (AvgIpc) is 2.92. The zero-order chi connectivity index (χ0) is 14.5. The number of hydrogen-bond acceptors (Lipinski definition) is 3. The van der Waals surface area contributed by atoms with E-state index in [0.29, 0.717) is 12.1 Å². The predicted molar refractivity (Wildman–Crippen MR) is 72.9 cm³/mol. The van der Waals surface area contributed by atoms with Gasteiger partial charge in [0.05, 0.1) is 12.7 Å². The van der Waals surface area contributed by atoms with E-state index < -0.39 is 11.8 Å². The second kappa shape index (κ2) is 6.32. The molecule has 0 bridgehead atoms. The molecule has 0 spiro atoms. The van der Waals surface area contributed by atoms with Crippen molar-refractivity contribution >= 4 is 17.6 Å². The molecule has 106 valence electrons. The third kappa shape index (κ3) is 3.44. The number of nitrogens with one attached hydrogen (secondary N) is 1. The van der Waals surface area contributed by atoms with Crippen molar-refractivity contribution in [3.05, 3.63) is 41.7 Å². The Balaban J connectivity index is 2.03. The third-order valence-corrected chi connectivity index (χ3v) is 3.22. The van der Waals surface area contributed by atoms with Crippen LogP contribution in [0, 0.1) is 11.7 Å². The molecule has 0 saturated heterocycles. The highest BCUT2D eigenvalue weighted by Gasteiger charge is 2.16. The molecule has 1 aliphatic carbocycles. The van der Waals surface area contributed by atoms with E-state index in [-0.39, 0.29) is 17.4 Å². The maximum atomic E-state index is 13.4. The van der Waals surface area contributed by atoms with Gasteiger partial charge in [0.1, 0.15) is 5.82 Å². The van der Waals surface area contributed by atoms with Crippen LogP contribution in [-0.2, 0) is 9.53 Å². The summed E-state index contributed by atoms with van der Waals surface area (Å²) in [6, 6.07) is 3.84. The molecule has 0 fully saturated rings. The summed E-state index contributed by atoms with van der Waals surface area (Å²) >= 11 is 0. The molecule has 1 aromatic rings. The number of methoxy groups -OCH3 is 1. The summed E-state index contributed by atoms with van der Waals surface area (Å²) in [6.07, 6.45) is 6.46. The van der Waals surface area contributed by atoms with Crippen LogP contribution >= 0.6 is 0 Å². The fourth-order valence-electron chi connectivity index (χ4n) is 2.18. The lowest BCUT2D eigenvalue weighted by molar-refractivity contribution is -0.116. The number of benzene rings is 1. The lowest BCUT2D eigenvalue weighted by Crippen LogP contribution is -2.15. The maximum absolute atomic E-state index is 13.4. The number of ether oxygens (including phenoxy) is 1. The molecule has 1 unspecified atom stereocenters. The third-order valence-electron chi connectivity index (χ3n) is 3.22. The average molecular weight is 277 g/mol. The lowest BCUT2D eigenvalue weighted by Gasteiger charge is -2.10. The standard InChI is InChI=1S/C15H16FNO3/c1-20-15(19)12-9-11(6-7-13(12)16)17-14(18)8-10-4-2-3-5-10/h2,4,6-7,9-10H,3,5,8H2,1H3,(H,17,18). The molecular formula is C15H16FNO3. The number of carbonyl (C=O) groups excluding carboxylic acids is 2. The number of carbonyl (C=O) groups is 2. The second-order valence-electron chi connectivity index (χ2n) is 4.70. The van der Waals surface area contributed by atoms with Crippen LogP contribution in [0.2, 0.25) is 0 Å². The highest BCUT2D eigenvalue weighted by molar-refractivity contribution is 5.94. The van der Waals surface area contributed by atoms with Crippen LogP contribution in [0.4, 0.5) is 10.1 Å². The van der Waals surface area contributed by atoms with Gasteiger partial charge in [-0.2, -0.15) is 0 Å². The molecule has 1 amide bonds. The number of rotatable bonds is 4. The molecule has 0 aromatic heterocycles. The Morgan fingerprint density at radius 2 is 2.25 bits per heavy atom. The van der Waals surface area contributed by atoms with Crippen molar-refractivity contribution in [2.24, 2.45) is 5.92 Å². The molecule has 2 rings (SSSR count).